The van der Waals surface area contributed by atoms with Crippen molar-refractivity contribution in [3.8, 4) is 0 Å². The van der Waals surface area contributed by atoms with Crippen LogP contribution in [0, 0.1) is 12.8 Å². The predicted molar refractivity (Wildman–Crippen MR) is 81.0 cm³/mol. The van der Waals surface area contributed by atoms with Crippen LogP contribution in [0.3, 0.4) is 0 Å². The highest BCUT2D eigenvalue weighted by Crippen LogP contribution is 2.40. The number of hydrogen-bond donors (Lipinski definition) is 1. The minimum Gasteiger partial charge on any atom is -0.373 e. The highest BCUT2D eigenvalue weighted by molar-refractivity contribution is 5.58. The number of aromatic nitrogens is 2. The molecule has 0 saturated heterocycles. The lowest BCUT2D eigenvalue weighted by Crippen LogP contribution is -2.29. The van der Waals surface area contributed by atoms with Crippen molar-refractivity contribution in [3.05, 3.63) is 11.4 Å². The van der Waals surface area contributed by atoms with Crippen molar-refractivity contribution >= 4 is 11.6 Å². The van der Waals surface area contributed by atoms with Crippen LogP contribution in [0.2, 0.25) is 0 Å². The van der Waals surface area contributed by atoms with E-state index in [2.05, 4.69) is 42.9 Å². The van der Waals surface area contributed by atoms with Gasteiger partial charge in [0.15, 0.2) is 0 Å². The summed E-state index contributed by atoms with van der Waals surface area (Å²) >= 11 is 0. The fourth-order valence-electron chi connectivity index (χ4n) is 2.40. The van der Waals surface area contributed by atoms with E-state index in [1.807, 2.05) is 7.05 Å². The quantitative estimate of drug-likeness (QED) is 0.855. The van der Waals surface area contributed by atoms with Gasteiger partial charge < -0.3 is 10.2 Å². The van der Waals surface area contributed by atoms with Gasteiger partial charge in [0, 0.05) is 31.6 Å². The monoisotopic (exact) mass is 262 g/mol. The zero-order valence-electron chi connectivity index (χ0n) is 12.8. The van der Waals surface area contributed by atoms with Gasteiger partial charge in [-0.1, -0.05) is 13.8 Å². The summed E-state index contributed by atoms with van der Waals surface area (Å²) < 4.78 is 0. The van der Waals surface area contributed by atoms with Crippen molar-refractivity contribution in [2.75, 3.05) is 30.4 Å². The maximum Gasteiger partial charge on any atom is 0.137 e. The Morgan fingerprint density at radius 3 is 2.47 bits per heavy atom. The summed E-state index contributed by atoms with van der Waals surface area (Å²) in [6.07, 6.45) is 2.48. The third-order valence-electron chi connectivity index (χ3n) is 3.58. The standard InChI is InChI=1S/C15H26N4/c1-6-19(9-10(2)3)15-11(4)13(16-5)17-14(18-15)12-7-8-12/h10,12H,6-9H2,1-5H3,(H,16,17,18). The Kier molecular flexibility index (Phi) is 4.27. The average Bonchev–Trinajstić information content (AvgIpc) is 3.20. The molecule has 0 bridgehead atoms. The molecule has 2 rings (SSSR count). The number of anilines is 2. The Bertz CT molecular complexity index is 438. The molecule has 0 radical (unpaired) electrons. The molecule has 1 aromatic heterocycles. The molecule has 1 aliphatic carbocycles. The van der Waals surface area contributed by atoms with Crippen molar-refractivity contribution in [2.24, 2.45) is 5.92 Å². The van der Waals surface area contributed by atoms with Crippen LogP contribution in [-0.4, -0.2) is 30.1 Å². The molecule has 1 aliphatic rings. The summed E-state index contributed by atoms with van der Waals surface area (Å²) in [5.74, 6) is 4.33. The predicted octanol–water partition coefficient (Wildman–Crippen LogP) is 3.19. The average molecular weight is 262 g/mol. The molecule has 0 unspecified atom stereocenters. The minimum atomic E-state index is 0.587. The fourth-order valence-corrected chi connectivity index (χ4v) is 2.40. The van der Waals surface area contributed by atoms with E-state index in [0.29, 0.717) is 11.8 Å². The zero-order valence-corrected chi connectivity index (χ0v) is 12.8. The first kappa shape index (κ1) is 14.1. The highest BCUT2D eigenvalue weighted by Gasteiger charge is 2.28. The molecular formula is C15H26N4. The lowest BCUT2D eigenvalue weighted by molar-refractivity contribution is 0.611. The van der Waals surface area contributed by atoms with Gasteiger partial charge in [-0.25, -0.2) is 9.97 Å². The van der Waals surface area contributed by atoms with Crippen LogP contribution in [0.5, 0.6) is 0 Å². The third kappa shape index (κ3) is 3.17. The van der Waals surface area contributed by atoms with Gasteiger partial charge >= 0.3 is 0 Å². The summed E-state index contributed by atoms with van der Waals surface area (Å²) in [5, 5.41) is 3.21. The van der Waals surface area contributed by atoms with Crippen molar-refractivity contribution in [3.63, 3.8) is 0 Å². The Morgan fingerprint density at radius 2 is 2.00 bits per heavy atom. The van der Waals surface area contributed by atoms with Crippen LogP contribution >= 0.6 is 0 Å². The zero-order chi connectivity index (χ0) is 14.0. The Labute approximate surface area is 116 Å². The molecule has 19 heavy (non-hydrogen) atoms. The summed E-state index contributed by atoms with van der Waals surface area (Å²) in [6.45, 7) is 10.8. The molecule has 1 saturated carbocycles. The van der Waals surface area contributed by atoms with Gasteiger partial charge in [-0.05, 0) is 32.6 Å². The van der Waals surface area contributed by atoms with E-state index >= 15 is 0 Å². The van der Waals surface area contributed by atoms with Crippen LogP contribution in [0.4, 0.5) is 11.6 Å². The summed E-state index contributed by atoms with van der Waals surface area (Å²) in [7, 11) is 1.94. The smallest absolute Gasteiger partial charge is 0.137 e. The first-order valence-electron chi connectivity index (χ1n) is 7.38. The van der Waals surface area contributed by atoms with Gasteiger partial charge in [0.25, 0.3) is 0 Å². The number of nitrogens with one attached hydrogen (secondary N) is 1. The number of nitrogens with zero attached hydrogens (tertiary/aromatic N) is 3. The van der Waals surface area contributed by atoms with E-state index in [0.717, 1.165) is 36.1 Å². The number of rotatable bonds is 6. The second-order valence-electron chi connectivity index (χ2n) is 5.84. The molecule has 0 amide bonds. The maximum absolute atomic E-state index is 4.84. The van der Waals surface area contributed by atoms with E-state index in [1.54, 1.807) is 0 Å². The molecule has 0 atom stereocenters. The fraction of sp³-hybridized carbons (Fsp3) is 0.733. The van der Waals surface area contributed by atoms with E-state index < -0.39 is 0 Å². The Morgan fingerprint density at radius 1 is 1.32 bits per heavy atom. The molecular weight excluding hydrogens is 236 g/mol. The molecule has 1 aromatic rings. The minimum absolute atomic E-state index is 0.587. The maximum atomic E-state index is 4.84. The van der Waals surface area contributed by atoms with Crippen molar-refractivity contribution in [1.82, 2.24) is 9.97 Å². The van der Waals surface area contributed by atoms with Gasteiger partial charge in [0.05, 0.1) is 0 Å². The molecule has 0 aliphatic heterocycles. The van der Waals surface area contributed by atoms with E-state index in [4.69, 9.17) is 4.98 Å². The Hall–Kier alpha value is -1.32. The van der Waals surface area contributed by atoms with Gasteiger partial charge in [-0.2, -0.15) is 0 Å². The molecule has 1 heterocycles. The summed E-state index contributed by atoms with van der Waals surface area (Å²) in [4.78, 5) is 11.9. The lowest BCUT2D eigenvalue weighted by Gasteiger charge is -2.26. The summed E-state index contributed by atoms with van der Waals surface area (Å²) in [6, 6.07) is 0. The summed E-state index contributed by atoms with van der Waals surface area (Å²) in [5.41, 5.74) is 1.16. The van der Waals surface area contributed by atoms with Crippen LogP contribution in [-0.2, 0) is 0 Å². The van der Waals surface area contributed by atoms with Crippen molar-refractivity contribution in [1.29, 1.82) is 0 Å². The second kappa shape index (κ2) is 5.76. The number of hydrogen-bond acceptors (Lipinski definition) is 4. The molecule has 1 fully saturated rings. The molecule has 106 valence electrons. The first-order chi connectivity index (χ1) is 9.06. The molecule has 4 nitrogen and oxygen atoms in total. The van der Waals surface area contributed by atoms with Crippen LogP contribution in [0.15, 0.2) is 0 Å². The Balaban J connectivity index is 2.38. The van der Waals surface area contributed by atoms with Gasteiger partial charge in [0.2, 0.25) is 0 Å². The molecule has 1 N–H and O–H groups in total. The van der Waals surface area contributed by atoms with Gasteiger partial charge in [-0.3, -0.25) is 0 Å². The second-order valence-corrected chi connectivity index (χ2v) is 5.84. The topological polar surface area (TPSA) is 41.1 Å². The van der Waals surface area contributed by atoms with E-state index in [1.165, 1.54) is 12.8 Å². The third-order valence-corrected chi connectivity index (χ3v) is 3.58. The van der Waals surface area contributed by atoms with E-state index in [-0.39, 0.29) is 0 Å². The lowest BCUT2D eigenvalue weighted by atomic mass is 10.2. The van der Waals surface area contributed by atoms with E-state index in [9.17, 15) is 0 Å². The molecule has 0 aromatic carbocycles. The first-order valence-corrected chi connectivity index (χ1v) is 7.38. The molecule has 4 heteroatoms. The van der Waals surface area contributed by atoms with Crippen LogP contribution < -0.4 is 10.2 Å². The highest BCUT2D eigenvalue weighted by atomic mass is 15.2. The normalized spacial score (nSPS) is 14.8. The van der Waals surface area contributed by atoms with Gasteiger partial charge in [0.1, 0.15) is 17.5 Å². The van der Waals surface area contributed by atoms with Gasteiger partial charge in [-0.15, -0.1) is 0 Å². The largest absolute Gasteiger partial charge is 0.373 e. The van der Waals surface area contributed by atoms with Crippen molar-refractivity contribution in [2.45, 2.75) is 46.5 Å². The van der Waals surface area contributed by atoms with Crippen molar-refractivity contribution < 1.29 is 0 Å². The molecule has 0 spiro atoms. The van der Waals surface area contributed by atoms with Crippen LogP contribution in [0.1, 0.15) is 50.9 Å². The SMILES string of the molecule is CCN(CC(C)C)c1nc(C2CC2)nc(NC)c1C. The van der Waals surface area contributed by atoms with Crippen LogP contribution in [0.25, 0.3) is 0 Å².